The minimum atomic E-state index is -0.416. The number of hydrazine groups is 1. The Morgan fingerprint density at radius 1 is 1.44 bits per heavy atom. The molecule has 1 saturated carbocycles. The molecule has 1 aliphatic rings. The molecule has 5 N–H and O–H groups in total. The average molecular weight is 228 g/mol. The first-order chi connectivity index (χ1) is 7.56. The maximum Gasteiger partial charge on any atom is 0.250 e. The number of carbonyl (C=O) groups is 2. The van der Waals surface area contributed by atoms with Crippen molar-refractivity contribution in [3.63, 3.8) is 0 Å². The van der Waals surface area contributed by atoms with Crippen molar-refractivity contribution in [3.8, 4) is 0 Å². The van der Waals surface area contributed by atoms with Gasteiger partial charge in [0.25, 0.3) is 5.91 Å². The predicted molar refractivity (Wildman–Crippen MR) is 59.9 cm³/mol. The predicted octanol–water partition coefficient (Wildman–Crippen LogP) is -0.905. The fourth-order valence-electron chi connectivity index (χ4n) is 2.27. The highest BCUT2D eigenvalue weighted by Crippen LogP contribution is 2.24. The molecule has 0 spiro atoms. The molecule has 1 aliphatic carbocycles. The summed E-state index contributed by atoms with van der Waals surface area (Å²) in [6.07, 6.45) is 4.29. The van der Waals surface area contributed by atoms with Gasteiger partial charge in [0.1, 0.15) is 0 Å². The van der Waals surface area contributed by atoms with E-state index in [1.165, 1.54) is 0 Å². The molecule has 16 heavy (non-hydrogen) atoms. The molecule has 0 aromatic rings. The van der Waals surface area contributed by atoms with Gasteiger partial charge in [0.2, 0.25) is 5.91 Å². The first kappa shape index (κ1) is 12.9. The summed E-state index contributed by atoms with van der Waals surface area (Å²) >= 11 is 0. The quantitative estimate of drug-likeness (QED) is 0.322. The number of nitrogens with two attached hydrogens (primary N) is 2. The summed E-state index contributed by atoms with van der Waals surface area (Å²) in [4.78, 5) is 24.3. The second-order valence-electron chi connectivity index (χ2n) is 4.26. The van der Waals surface area contributed by atoms with Crippen LogP contribution in [0.1, 0.15) is 32.6 Å². The van der Waals surface area contributed by atoms with Gasteiger partial charge in [-0.3, -0.25) is 19.9 Å². The van der Waals surface area contributed by atoms with Gasteiger partial charge in [-0.15, -0.1) is 0 Å². The zero-order valence-electron chi connectivity index (χ0n) is 9.61. The molecule has 0 aromatic carbocycles. The van der Waals surface area contributed by atoms with Crippen LogP contribution < -0.4 is 17.0 Å². The van der Waals surface area contributed by atoms with E-state index in [1.807, 2.05) is 4.90 Å². The van der Waals surface area contributed by atoms with Crippen molar-refractivity contribution in [1.29, 1.82) is 0 Å². The fraction of sp³-hybridized carbons (Fsp3) is 0.800. The van der Waals surface area contributed by atoms with Gasteiger partial charge in [0.05, 0.1) is 12.6 Å². The molecule has 6 nitrogen and oxygen atoms in total. The maximum atomic E-state index is 11.5. The highest BCUT2D eigenvalue weighted by molar-refractivity contribution is 5.82. The van der Waals surface area contributed by atoms with Gasteiger partial charge >= 0.3 is 0 Å². The van der Waals surface area contributed by atoms with Crippen molar-refractivity contribution >= 4 is 11.8 Å². The Morgan fingerprint density at radius 3 is 2.44 bits per heavy atom. The Kier molecular flexibility index (Phi) is 4.70. The monoisotopic (exact) mass is 228 g/mol. The number of hydrogen-bond acceptors (Lipinski definition) is 4. The number of nitrogens with zero attached hydrogens (tertiary/aromatic N) is 1. The Hall–Kier alpha value is -1.14. The molecule has 0 heterocycles. The molecule has 0 radical (unpaired) electrons. The molecule has 1 atom stereocenters. The van der Waals surface area contributed by atoms with Gasteiger partial charge in [-0.2, -0.15) is 0 Å². The van der Waals surface area contributed by atoms with Crippen LogP contribution in [-0.2, 0) is 9.59 Å². The number of rotatable bonds is 5. The van der Waals surface area contributed by atoms with Crippen LogP contribution >= 0.6 is 0 Å². The van der Waals surface area contributed by atoms with Gasteiger partial charge in [0, 0.05) is 6.04 Å². The summed E-state index contributed by atoms with van der Waals surface area (Å²) in [5.74, 6) is 4.40. The van der Waals surface area contributed by atoms with E-state index in [0.717, 1.165) is 25.7 Å². The smallest absolute Gasteiger partial charge is 0.250 e. The minimum Gasteiger partial charge on any atom is -0.369 e. The van der Waals surface area contributed by atoms with E-state index in [1.54, 1.807) is 6.92 Å². The lowest BCUT2D eigenvalue weighted by atomic mass is 10.1. The molecule has 1 rings (SSSR count). The summed E-state index contributed by atoms with van der Waals surface area (Å²) in [6.45, 7) is 1.85. The van der Waals surface area contributed by atoms with Crippen LogP contribution in [0.15, 0.2) is 0 Å². The van der Waals surface area contributed by atoms with Crippen LogP contribution in [0.4, 0.5) is 0 Å². The maximum absolute atomic E-state index is 11.5. The van der Waals surface area contributed by atoms with Crippen LogP contribution in [0.5, 0.6) is 0 Å². The summed E-state index contributed by atoms with van der Waals surface area (Å²) in [5.41, 5.74) is 7.31. The minimum absolute atomic E-state index is 0.110. The number of carbonyl (C=O) groups excluding carboxylic acids is 2. The summed E-state index contributed by atoms with van der Waals surface area (Å²) in [7, 11) is 0. The Bertz CT molecular complexity index is 264. The van der Waals surface area contributed by atoms with Gasteiger partial charge in [-0.25, -0.2) is 5.84 Å². The zero-order chi connectivity index (χ0) is 12.1. The molecular formula is C10H20N4O2. The van der Waals surface area contributed by atoms with E-state index in [0.29, 0.717) is 0 Å². The summed E-state index contributed by atoms with van der Waals surface area (Å²) in [6, 6.07) is -0.152. The van der Waals surface area contributed by atoms with E-state index < -0.39 is 11.9 Å². The van der Waals surface area contributed by atoms with Crippen LogP contribution in [0.2, 0.25) is 0 Å². The van der Waals surface area contributed by atoms with Gasteiger partial charge < -0.3 is 5.73 Å². The van der Waals surface area contributed by atoms with Crippen molar-refractivity contribution in [2.24, 2.45) is 11.6 Å². The third-order valence-corrected chi connectivity index (χ3v) is 3.15. The Balaban J connectivity index is 2.68. The third kappa shape index (κ3) is 3.18. The average Bonchev–Trinajstić information content (AvgIpc) is 2.76. The number of primary amides is 1. The van der Waals surface area contributed by atoms with Gasteiger partial charge in [-0.1, -0.05) is 12.8 Å². The van der Waals surface area contributed by atoms with Crippen LogP contribution in [0.25, 0.3) is 0 Å². The second-order valence-corrected chi connectivity index (χ2v) is 4.26. The van der Waals surface area contributed by atoms with Crippen molar-refractivity contribution in [1.82, 2.24) is 10.3 Å². The van der Waals surface area contributed by atoms with Crippen molar-refractivity contribution in [3.05, 3.63) is 0 Å². The van der Waals surface area contributed by atoms with Crippen molar-refractivity contribution < 1.29 is 9.59 Å². The standard InChI is InChI=1S/C10H20N4O2/c1-7(10(16)13-12)14(6-9(11)15)8-4-2-3-5-8/h7-8H,2-6,12H2,1H3,(H2,11,15)(H,13,16). The zero-order valence-corrected chi connectivity index (χ0v) is 9.61. The fourth-order valence-corrected chi connectivity index (χ4v) is 2.27. The number of nitrogens with one attached hydrogen (secondary N) is 1. The molecule has 2 amide bonds. The topological polar surface area (TPSA) is 101 Å². The molecule has 92 valence electrons. The molecule has 0 bridgehead atoms. The van der Waals surface area contributed by atoms with Crippen LogP contribution in [0, 0.1) is 0 Å². The third-order valence-electron chi connectivity index (χ3n) is 3.15. The highest BCUT2D eigenvalue weighted by atomic mass is 16.2. The normalized spacial score (nSPS) is 18.7. The lowest BCUT2D eigenvalue weighted by Crippen LogP contribution is -2.53. The Labute approximate surface area is 95.3 Å². The molecule has 6 heteroatoms. The Morgan fingerprint density at radius 2 is 2.00 bits per heavy atom. The molecular weight excluding hydrogens is 208 g/mol. The molecule has 1 unspecified atom stereocenters. The van der Waals surface area contributed by atoms with E-state index in [2.05, 4.69) is 5.43 Å². The largest absolute Gasteiger partial charge is 0.369 e. The van der Waals surface area contributed by atoms with Crippen molar-refractivity contribution in [2.75, 3.05) is 6.54 Å². The second kappa shape index (κ2) is 5.81. The summed E-state index contributed by atoms with van der Waals surface area (Å²) in [5, 5.41) is 0. The first-order valence-corrected chi connectivity index (χ1v) is 5.60. The molecule has 0 aliphatic heterocycles. The van der Waals surface area contributed by atoms with E-state index >= 15 is 0 Å². The van der Waals surface area contributed by atoms with Gasteiger partial charge in [0.15, 0.2) is 0 Å². The lowest BCUT2D eigenvalue weighted by Gasteiger charge is -2.32. The molecule has 1 fully saturated rings. The summed E-state index contributed by atoms with van der Waals surface area (Å²) < 4.78 is 0. The van der Waals surface area contributed by atoms with E-state index in [9.17, 15) is 9.59 Å². The molecule has 0 saturated heterocycles. The van der Waals surface area contributed by atoms with Crippen LogP contribution in [0.3, 0.4) is 0 Å². The van der Waals surface area contributed by atoms with Gasteiger partial charge in [-0.05, 0) is 19.8 Å². The highest BCUT2D eigenvalue weighted by Gasteiger charge is 2.30. The van der Waals surface area contributed by atoms with E-state index in [4.69, 9.17) is 11.6 Å². The number of amides is 2. The SMILES string of the molecule is CC(C(=O)NN)N(CC(N)=O)C1CCCC1. The van der Waals surface area contributed by atoms with Crippen molar-refractivity contribution in [2.45, 2.75) is 44.7 Å². The van der Waals surface area contributed by atoms with E-state index in [-0.39, 0.29) is 18.5 Å². The molecule has 0 aromatic heterocycles. The number of hydrogen-bond donors (Lipinski definition) is 3. The first-order valence-electron chi connectivity index (χ1n) is 5.60. The lowest BCUT2D eigenvalue weighted by molar-refractivity contribution is -0.128. The van der Waals surface area contributed by atoms with Crippen LogP contribution in [-0.4, -0.2) is 35.3 Å².